The molecule has 0 fully saturated rings. The van der Waals surface area contributed by atoms with Crippen molar-refractivity contribution in [2.45, 2.75) is 33.7 Å². The molecular weight excluding hydrogens is 300 g/mol. The zero-order chi connectivity index (χ0) is 17.1. The molecule has 5 nitrogen and oxygen atoms in total. The van der Waals surface area contributed by atoms with Crippen molar-refractivity contribution < 1.29 is 4.42 Å². The topological polar surface area (TPSA) is 68.2 Å². The molecule has 0 bridgehead atoms. The molecule has 0 radical (unpaired) electrons. The van der Waals surface area contributed by atoms with E-state index < -0.39 is 0 Å². The first-order chi connectivity index (χ1) is 11.6. The van der Waals surface area contributed by atoms with E-state index in [1.807, 2.05) is 19.9 Å². The predicted octanol–water partition coefficient (Wildman–Crippen LogP) is 3.49. The minimum absolute atomic E-state index is 0.503. The highest BCUT2D eigenvalue weighted by molar-refractivity contribution is 5.88. The minimum Gasteiger partial charge on any atom is -0.443 e. The van der Waals surface area contributed by atoms with Crippen molar-refractivity contribution in [1.82, 2.24) is 14.9 Å². The highest BCUT2D eigenvalue weighted by atomic mass is 16.3. The van der Waals surface area contributed by atoms with Gasteiger partial charge in [-0.25, -0.2) is 4.98 Å². The van der Waals surface area contributed by atoms with Crippen LogP contribution in [0.25, 0.3) is 11.1 Å². The molecule has 0 spiro atoms. The molecule has 5 heteroatoms. The average molecular weight is 324 g/mol. The molecule has 3 rings (SSSR count). The molecule has 126 valence electrons. The molecule has 0 amide bonds. The first kappa shape index (κ1) is 16.5. The number of anilines is 1. The Morgan fingerprint density at radius 1 is 1.12 bits per heavy atom. The zero-order valence-electron chi connectivity index (χ0n) is 14.5. The summed E-state index contributed by atoms with van der Waals surface area (Å²) < 4.78 is 5.72. The number of benzene rings is 1. The van der Waals surface area contributed by atoms with Gasteiger partial charge in [0, 0.05) is 12.1 Å². The molecule has 2 heterocycles. The summed E-state index contributed by atoms with van der Waals surface area (Å²) >= 11 is 0. The second-order valence-corrected chi connectivity index (χ2v) is 6.09. The number of hydrogen-bond acceptors (Lipinski definition) is 5. The molecule has 0 saturated heterocycles. The standard InChI is InChI=1S/C19H24N4O/c1-4-23(11-10-15-8-6-5-7-9-15)12-16-21-18(20)17-13(2)14(3)24-19(17)22-16/h5-9H,4,10-12H2,1-3H3,(H2,20,21,22). The van der Waals surface area contributed by atoms with Crippen LogP contribution in [0.15, 0.2) is 34.7 Å². The molecule has 3 aromatic rings. The number of likely N-dealkylation sites (N-methyl/N-ethyl adjacent to an activating group) is 1. The quantitative estimate of drug-likeness (QED) is 0.752. The number of nitrogens with two attached hydrogens (primary N) is 1. The van der Waals surface area contributed by atoms with Crippen LogP contribution in [0, 0.1) is 13.8 Å². The number of fused-ring (bicyclic) bond motifs is 1. The van der Waals surface area contributed by atoms with Crippen molar-refractivity contribution in [2.24, 2.45) is 0 Å². The van der Waals surface area contributed by atoms with E-state index in [9.17, 15) is 0 Å². The monoisotopic (exact) mass is 324 g/mol. The predicted molar refractivity (Wildman–Crippen MR) is 96.8 cm³/mol. The number of nitrogen functional groups attached to an aromatic ring is 1. The fraction of sp³-hybridized carbons (Fsp3) is 0.368. The lowest BCUT2D eigenvalue weighted by Gasteiger charge is -2.19. The van der Waals surface area contributed by atoms with E-state index in [1.165, 1.54) is 5.56 Å². The van der Waals surface area contributed by atoms with Crippen LogP contribution in [0.5, 0.6) is 0 Å². The van der Waals surface area contributed by atoms with Crippen LogP contribution in [0.1, 0.15) is 29.6 Å². The number of hydrogen-bond donors (Lipinski definition) is 1. The lowest BCUT2D eigenvalue weighted by atomic mass is 10.1. The Labute approximate surface area is 142 Å². The smallest absolute Gasteiger partial charge is 0.231 e. The third kappa shape index (κ3) is 3.41. The van der Waals surface area contributed by atoms with E-state index in [-0.39, 0.29) is 0 Å². The molecule has 0 atom stereocenters. The normalized spacial score (nSPS) is 11.5. The molecule has 0 aliphatic heterocycles. The average Bonchev–Trinajstić information content (AvgIpc) is 2.87. The van der Waals surface area contributed by atoms with Gasteiger partial charge in [0.15, 0.2) is 0 Å². The number of nitrogens with zero attached hydrogens (tertiary/aromatic N) is 3. The SMILES string of the molecule is CCN(CCc1ccccc1)Cc1nc(N)c2c(C)c(C)oc2n1. The first-order valence-electron chi connectivity index (χ1n) is 8.36. The Balaban J connectivity index is 1.75. The maximum Gasteiger partial charge on any atom is 0.231 e. The highest BCUT2D eigenvalue weighted by Crippen LogP contribution is 2.27. The molecular formula is C19H24N4O. The number of aryl methyl sites for hydroxylation is 2. The Hall–Kier alpha value is -2.40. The lowest BCUT2D eigenvalue weighted by Crippen LogP contribution is -2.26. The third-order valence-electron chi connectivity index (χ3n) is 4.47. The van der Waals surface area contributed by atoms with Gasteiger partial charge < -0.3 is 10.2 Å². The summed E-state index contributed by atoms with van der Waals surface area (Å²) in [5, 5.41) is 0.837. The van der Waals surface area contributed by atoms with Crippen LogP contribution in [0.2, 0.25) is 0 Å². The Morgan fingerprint density at radius 3 is 2.58 bits per heavy atom. The molecule has 24 heavy (non-hydrogen) atoms. The van der Waals surface area contributed by atoms with Crippen molar-refractivity contribution in [1.29, 1.82) is 0 Å². The Morgan fingerprint density at radius 2 is 1.88 bits per heavy atom. The molecule has 2 aromatic heterocycles. The van der Waals surface area contributed by atoms with Gasteiger partial charge in [-0.2, -0.15) is 4.98 Å². The van der Waals surface area contributed by atoms with Gasteiger partial charge in [0.25, 0.3) is 0 Å². The van der Waals surface area contributed by atoms with E-state index in [2.05, 4.69) is 46.1 Å². The summed E-state index contributed by atoms with van der Waals surface area (Å²) in [5.74, 6) is 2.06. The summed E-state index contributed by atoms with van der Waals surface area (Å²) in [6.45, 7) is 8.62. The van der Waals surface area contributed by atoms with Crippen LogP contribution in [0.3, 0.4) is 0 Å². The van der Waals surface area contributed by atoms with Gasteiger partial charge in [0.05, 0.1) is 11.9 Å². The summed E-state index contributed by atoms with van der Waals surface area (Å²) in [5.41, 5.74) is 9.07. The van der Waals surface area contributed by atoms with Gasteiger partial charge in [-0.05, 0) is 32.4 Å². The summed E-state index contributed by atoms with van der Waals surface area (Å²) in [4.78, 5) is 11.4. The van der Waals surface area contributed by atoms with E-state index in [0.29, 0.717) is 23.9 Å². The largest absolute Gasteiger partial charge is 0.443 e. The highest BCUT2D eigenvalue weighted by Gasteiger charge is 2.15. The maximum absolute atomic E-state index is 6.12. The van der Waals surface area contributed by atoms with E-state index >= 15 is 0 Å². The summed E-state index contributed by atoms with van der Waals surface area (Å²) in [6, 6.07) is 10.5. The van der Waals surface area contributed by atoms with Crippen molar-refractivity contribution in [3.63, 3.8) is 0 Å². The van der Waals surface area contributed by atoms with Gasteiger partial charge in [-0.1, -0.05) is 37.3 Å². The molecule has 0 unspecified atom stereocenters. The molecule has 0 aliphatic rings. The zero-order valence-corrected chi connectivity index (χ0v) is 14.5. The lowest BCUT2D eigenvalue weighted by molar-refractivity contribution is 0.276. The van der Waals surface area contributed by atoms with Gasteiger partial charge in [0.1, 0.15) is 17.4 Å². The van der Waals surface area contributed by atoms with E-state index in [1.54, 1.807) is 0 Å². The second kappa shape index (κ2) is 7.01. The first-order valence-corrected chi connectivity index (χ1v) is 8.36. The van der Waals surface area contributed by atoms with Crippen molar-refractivity contribution >= 4 is 16.9 Å². The Kier molecular flexibility index (Phi) is 4.81. The number of rotatable bonds is 6. The fourth-order valence-electron chi connectivity index (χ4n) is 2.88. The van der Waals surface area contributed by atoms with Crippen LogP contribution in [0.4, 0.5) is 5.82 Å². The second-order valence-electron chi connectivity index (χ2n) is 6.09. The molecule has 0 saturated carbocycles. The Bertz CT molecular complexity index is 826. The molecule has 0 aliphatic carbocycles. The number of furan rings is 1. The van der Waals surface area contributed by atoms with Crippen LogP contribution >= 0.6 is 0 Å². The van der Waals surface area contributed by atoms with E-state index in [4.69, 9.17) is 10.2 Å². The molecule has 1 aromatic carbocycles. The van der Waals surface area contributed by atoms with Crippen molar-refractivity contribution in [3.05, 3.63) is 53.0 Å². The van der Waals surface area contributed by atoms with Gasteiger partial charge >= 0.3 is 0 Å². The van der Waals surface area contributed by atoms with Gasteiger partial charge in [-0.3, -0.25) is 4.90 Å². The maximum atomic E-state index is 6.12. The fourth-order valence-corrected chi connectivity index (χ4v) is 2.88. The third-order valence-corrected chi connectivity index (χ3v) is 4.47. The van der Waals surface area contributed by atoms with Gasteiger partial charge in [-0.15, -0.1) is 0 Å². The van der Waals surface area contributed by atoms with Crippen LogP contribution in [-0.4, -0.2) is 28.0 Å². The van der Waals surface area contributed by atoms with Crippen LogP contribution < -0.4 is 5.73 Å². The van der Waals surface area contributed by atoms with Crippen molar-refractivity contribution in [2.75, 3.05) is 18.8 Å². The number of aromatic nitrogens is 2. The summed E-state index contributed by atoms with van der Waals surface area (Å²) in [7, 11) is 0. The van der Waals surface area contributed by atoms with E-state index in [0.717, 1.165) is 36.2 Å². The van der Waals surface area contributed by atoms with Crippen LogP contribution in [-0.2, 0) is 13.0 Å². The van der Waals surface area contributed by atoms with Gasteiger partial charge in [0.2, 0.25) is 5.71 Å². The minimum atomic E-state index is 0.503. The van der Waals surface area contributed by atoms with Crippen molar-refractivity contribution in [3.8, 4) is 0 Å². The molecule has 2 N–H and O–H groups in total. The summed E-state index contributed by atoms with van der Waals surface area (Å²) in [6.07, 6.45) is 1.01.